The van der Waals surface area contributed by atoms with Crippen LogP contribution in [0.25, 0.3) is 0 Å². The number of urea groups is 1. The molecular formula is C18H28N4O4. The van der Waals surface area contributed by atoms with Crippen molar-refractivity contribution < 1.29 is 19.4 Å². The van der Waals surface area contributed by atoms with Crippen molar-refractivity contribution in [2.75, 3.05) is 11.9 Å². The van der Waals surface area contributed by atoms with Gasteiger partial charge in [0, 0.05) is 25.8 Å². The summed E-state index contributed by atoms with van der Waals surface area (Å²) in [6.07, 6.45) is 2.55. The first kappa shape index (κ1) is 18.7. The number of rotatable bonds is 5. The maximum absolute atomic E-state index is 12.4. The van der Waals surface area contributed by atoms with E-state index in [2.05, 4.69) is 15.7 Å². The monoisotopic (exact) mass is 364 g/mol. The van der Waals surface area contributed by atoms with Crippen molar-refractivity contribution in [1.82, 2.24) is 15.1 Å². The third kappa shape index (κ3) is 3.42. The second-order valence-electron chi connectivity index (χ2n) is 8.02. The third-order valence-corrected chi connectivity index (χ3v) is 6.00. The van der Waals surface area contributed by atoms with Crippen molar-refractivity contribution in [2.45, 2.75) is 52.2 Å². The highest BCUT2D eigenvalue weighted by Crippen LogP contribution is 2.52. The van der Waals surface area contributed by atoms with E-state index in [4.69, 9.17) is 4.74 Å². The smallest absolute Gasteiger partial charge is 0.320 e. The Hall–Kier alpha value is -2.09. The highest BCUT2D eigenvalue weighted by Gasteiger charge is 2.53. The zero-order valence-corrected chi connectivity index (χ0v) is 15.8. The van der Waals surface area contributed by atoms with Crippen LogP contribution in [-0.4, -0.2) is 39.5 Å². The van der Waals surface area contributed by atoms with Gasteiger partial charge < -0.3 is 15.2 Å². The number of nitrogens with zero attached hydrogens (tertiary/aromatic N) is 2. The number of anilines is 1. The number of carboxylic acids is 1. The molecule has 0 aromatic carbocycles. The lowest BCUT2D eigenvalue weighted by atomic mass is 9.53. The largest absolute Gasteiger partial charge is 0.481 e. The first-order chi connectivity index (χ1) is 12.2. The summed E-state index contributed by atoms with van der Waals surface area (Å²) in [7, 11) is 1.78. The van der Waals surface area contributed by atoms with Crippen molar-refractivity contribution in [3.8, 4) is 0 Å². The molecule has 1 saturated heterocycles. The van der Waals surface area contributed by atoms with Gasteiger partial charge in [0.25, 0.3) is 0 Å². The highest BCUT2D eigenvalue weighted by atomic mass is 16.5. The number of ether oxygens (including phenoxy) is 1. The molecule has 8 nitrogen and oxygen atoms in total. The number of hydrogen-bond acceptors (Lipinski definition) is 4. The minimum atomic E-state index is -0.764. The van der Waals surface area contributed by atoms with E-state index in [-0.39, 0.29) is 35.4 Å². The zero-order chi connectivity index (χ0) is 19.1. The van der Waals surface area contributed by atoms with Crippen molar-refractivity contribution in [3.05, 3.63) is 11.8 Å². The van der Waals surface area contributed by atoms with Crippen LogP contribution in [0.3, 0.4) is 0 Å². The summed E-state index contributed by atoms with van der Waals surface area (Å²) < 4.78 is 7.26. The summed E-state index contributed by atoms with van der Waals surface area (Å²) in [4.78, 5) is 23.6. The second kappa shape index (κ2) is 6.90. The molecule has 0 radical (unpaired) electrons. The fraction of sp³-hybridized carbons (Fsp3) is 0.722. The lowest BCUT2D eigenvalue weighted by molar-refractivity contribution is -0.160. The number of nitrogens with one attached hydrogen (secondary N) is 2. The fourth-order valence-corrected chi connectivity index (χ4v) is 4.26. The SMILES string of the molecule is CC(NC(=O)Nc1cc(C2CCCO2)nn1C)[C@@H]1C[C@H](C(=O)O)C1(C)C. The van der Waals surface area contributed by atoms with E-state index < -0.39 is 5.97 Å². The summed E-state index contributed by atoms with van der Waals surface area (Å²) in [6.45, 7) is 6.57. The predicted octanol–water partition coefficient (Wildman–Crippen LogP) is 2.53. The normalized spacial score (nSPS) is 28.2. The standard InChI is InChI=1S/C18H28N4O4/c1-10(11-8-12(16(23)24)18(11,2)3)19-17(25)20-15-9-13(21-22(15)4)14-6-5-7-26-14/h9-12,14H,5-8H2,1-4H3,(H,23,24)(H2,19,20,25)/t10?,11-,12+,14?/m0/s1. The van der Waals surface area contributed by atoms with Gasteiger partial charge in [-0.05, 0) is 37.5 Å². The van der Waals surface area contributed by atoms with Crippen LogP contribution in [-0.2, 0) is 16.6 Å². The van der Waals surface area contributed by atoms with Gasteiger partial charge in [-0.15, -0.1) is 0 Å². The molecule has 1 aliphatic carbocycles. The van der Waals surface area contributed by atoms with Crippen LogP contribution in [0.1, 0.15) is 51.8 Å². The Labute approximate surface area is 153 Å². The zero-order valence-electron chi connectivity index (χ0n) is 15.8. The number of carbonyl (C=O) groups excluding carboxylic acids is 1. The lowest BCUT2D eigenvalue weighted by Crippen LogP contribution is -2.57. The Balaban J connectivity index is 1.57. The van der Waals surface area contributed by atoms with Crippen LogP contribution in [0, 0.1) is 17.3 Å². The average Bonchev–Trinajstić information content (AvgIpc) is 3.16. The highest BCUT2D eigenvalue weighted by molar-refractivity contribution is 5.88. The van der Waals surface area contributed by atoms with E-state index in [0.29, 0.717) is 12.2 Å². The molecule has 0 bridgehead atoms. The van der Waals surface area contributed by atoms with Gasteiger partial charge in [-0.3, -0.25) is 14.8 Å². The van der Waals surface area contributed by atoms with Crippen LogP contribution >= 0.6 is 0 Å². The Bertz CT molecular complexity index is 693. The molecule has 1 aromatic rings. The molecule has 2 fully saturated rings. The molecule has 144 valence electrons. The molecule has 0 spiro atoms. The van der Waals surface area contributed by atoms with Gasteiger partial charge in [0.15, 0.2) is 0 Å². The molecule has 2 amide bonds. The van der Waals surface area contributed by atoms with Crippen LogP contribution in [0.5, 0.6) is 0 Å². The molecule has 26 heavy (non-hydrogen) atoms. The van der Waals surface area contributed by atoms with Gasteiger partial charge in [-0.2, -0.15) is 5.10 Å². The van der Waals surface area contributed by atoms with E-state index in [1.807, 2.05) is 26.8 Å². The van der Waals surface area contributed by atoms with Crippen molar-refractivity contribution in [2.24, 2.45) is 24.3 Å². The van der Waals surface area contributed by atoms with Crippen LogP contribution in [0.4, 0.5) is 10.6 Å². The summed E-state index contributed by atoms with van der Waals surface area (Å²) in [5.41, 5.74) is 0.496. The van der Waals surface area contributed by atoms with Gasteiger partial charge in [0.1, 0.15) is 11.9 Å². The molecular weight excluding hydrogens is 336 g/mol. The van der Waals surface area contributed by atoms with Crippen molar-refractivity contribution in [3.63, 3.8) is 0 Å². The van der Waals surface area contributed by atoms with Crippen molar-refractivity contribution in [1.29, 1.82) is 0 Å². The Kier molecular flexibility index (Phi) is 4.96. The number of aliphatic carboxylic acids is 1. The molecule has 3 rings (SSSR count). The summed E-state index contributed by atoms with van der Waals surface area (Å²) >= 11 is 0. The molecule has 1 saturated carbocycles. The molecule has 2 aliphatic rings. The van der Waals surface area contributed by atoms with E-state index in [1.165, 1.54) is 0 Å². The number of aromatic nitrogens is 2. The van der Waals surface area contributed by atoms with Gasteiger partial charge in [-0.1, -0.05) is 13.8 Å². The number of amides is 2. The fourth-order valence-electron chi connectivity index (χ4n) is 4.26. The summed E-state index contributed by atoms with van der Waals surface area (Å²) in [5.74, 6) is -0.384. The number of hydrogen-bond donors (Lipinski definition) is 3. The van der Waals surface area contributed by atoms with Gasteiger partial charge in [-0.25, -0.2) is 4.79 Å². The maximum Gasteiger partial charge on any atom is 0.320 e. The van der Waals surface area contributed by atoms with Gasteiger partial charge >= 0.3 is 12.0 Å². The van der Waals surface area contributed by atoms with Crippen LogP contribution in [0.15, 0.2) is 6.07 Å². The van der Waals surface area contributed by atoms with Crippen LogP contribution in [0.2, 0.25) is 0 Å². The Morgan fingerprint density at radius 3 is 2.77 bits per heavy atom. The van der Waals surface area contributed by atoms with Gasteiger partial charge in [0.05, 0.1) is 11.6 Å². The molecule has 1 aliphatic heterocycles. The third-order valence-electron chi connectivity index (χ3n) is 6.00. The van der Waals surface area contributed by atoms with E-state index in [9.17, 15) is 14.7 Å². The summed E-state index contributed by atoms with van der Waals surface area (Å²) in [5, 5.41) is 19.4. The molecule has 1 aromatic heterocycles. The first-order valence-electron chi connectivity index (χ1n) is 9.16. The van der Waals surface area contributed by atoms with Gasteiger partial charge in [0.2, 0.25) is 0 Å². The summed E-state index contributed by atoms with van der Waals surface area (Å²) in [6, 6.07) is 1.41. The number of carbonyl (C=O) groups is 2. The Morgan fingerprint density at radius 1 is 1.46 bits per heavy atom. The quantitative estimate of drug-likeness (QED) is 0.744. The Morgan fingerprint density at radius 2 is 2.19 bits per heavy atom. The van der Waals surface area contributed by atoms with E-state index >= 15 is 0 Å². The first-order valence-corrected chi connectivity index (χ1v) is 9.16. The number of aryl methyl sites for hydroxylation is 1. The molecule has 3 N–H and O–H groups in total. The number of carboxylic acid groups (broad SMARTS) is 1. The molecule has 2 heterocycles. The van der Waals surface area contributed by atoms with E-state index in [1.54, 1.807) is 11.7 Å². The minimum absolute atomic E-state index is 0.00228. The average molecular weight is 364 g/mol. The predicted molar refractivity (Wildman–Crippen MR) is 95.8 cm³/mol. The van der Waals surface area contributed by atoms with Crippen LogP contribution < -0.4 is 10.6 Å². The van der Waals surface area contributed by atoms with Crippen molar-refractivity contribution >= 4 is 17.8 Å². The molecule has 4 atom stereocenters. The van der Waals surface area contributed by atoms with E-state index in [0.717, 1.165) is 25.1 Å². The maximum atomic E-state index is 12.4. The molecule has 8 heteroatoms. The minimum Gasteiger partial charge on any atom is -0.481 e. The lowest BCUT2D eigenvalue weighted by Gasteiger charge is -2.52. The topological polar surface area (TPSA) is 105 Å². The molecule has 2 unspecified atom stereocenters. The second-order valence-corrected chi connectivity index (χ2v) is 8.02.